The highest BCUT2D eigenvalue weighted by molar-refractivity contribution is 9.10. The average molecular weight is 524 g/mol. The number of nitrogens with zero attached hydrogens (tertiary/aromatic N) is 1. The minimum absolute atomic E-state index is 0.285. The second-order valence-electron chi connectivity index (χ2n) is 6.21. The Hall–Kier alpha value is -2.16. The van der Waals surface area contributed by atoms with Gasteiger partial charge in [0.1, 0.15) is 6.61 Å². The van der Waals surface area contributed by atoms with Crippen LogP contribution in [-0.4, -0.2) is 7.11 Å². The summed E-state index contributed by atoms with van der Waals surface area (Å²) in [4.78, 5) is 0. The number of rotatable bonds is 6. The molecule has 0 aliphatic rings. The summed E-state index contributed by atoms with van der Waals surface area (Å²) >= 11 is 21.9. The second-order valence-corrected chi connectivity index (χ2v) is 8.31. The summed E-state index contributed by atoms with van der Waals surface area (Å²) in [5, 5.41) is 11.2. The van der Waals surface area contributed by atoms with Crippen molar-refractivity contribution in [2.75, 3.05) is 7.11 Å². The van der Waals surface area contributed by atoms with Crippen LogP contribution in [0.15, 0.2) is 59.1 Å². The van der Waals surface area contributed by atoms with Crippen molar-refractivity contribution in [2.24, 2.45) is 0 Å². The summed E-state index contributed by atoms with van der Waals surface area (Å²) in [5.41, 5.74) is 2.60. The molecule has 3 aromatic rings. The first kappa shape index (κ1) is 22.5. The zero-order valence-corrected chi connectivity index (χ0v) is 19.6. The number of nitriles is 1. The number of halogens is 4. The Morgan fingerprint density at radius 3 is 2.50 bits per heavy atom. The Balaban J connectivity index is 1.93. The van der Waals surface area contributed by atoms with E-state index in [4.69, 9.17) is 44.3 Å². The Kier molecular flexibility index (Phi) is 7.69. The summed E-state index contributed by atoms with van der Waals surface area (Å²) in [6, 6.07) is 18.3. The van der Waals surface area contributed by atoms with Crippen molar-refractivity contribution in [3.63, 3.8) is 0 Å². The van der Waals surface area contributed by atoms with Gasteiger partial charge in [-0.1, -0.05) is 59.1 Å². The van der Waals surface area contributed by atoms with E-state index in [9.17, 15) is 5.26 Å². The monoisotopic (exact) mass is 521 g/mol. The minimum Gasteiger partial charge on any atom is -0.493 e. The molecule has 3 rings (SSSR count). The zero-order chi connectivity index (χ0) is 21.7. The average Bonchev–Trinajstić information content (AvgIpc) is 2.72. The van der Waals surface area contributed by atoms with Crippen LogP contribution in [0.1, 0.15) is 16.7 Å². The molecule has 0 saturated carbocycles. The topological polar surface area (TPSA) is 42.2 Å². The standard InChI is InChI=1S/C23H15BrCl3NO2/c1-29-22-10-14(8-16(12-28)18-7-6-17(25)11-21(18)27)9-19(24)23(22)30-13-15-4-2-3-5-20(15)26/h2-11H,13H2,1H3/b16-8+. The molecule has 0 aliphatic carbocycles. The molecule has 0 atom stereocenters. The van der Waals surface area contributed by atoms with Crippen LogP contribution in [0, 0.1) is 11.3 Å². The van der Waals surface area contributed by atoms with Crippen molar-refractivity contribution in [1.82, 2.24) is 0 Å². The molecule has 0 spiro atoms. The largest absolute Gasteiger partial charge is 0.493 e. The molecule has 152 valence electrons. The van der Waals surface area contributed by atoms with Gasteiger partial charge >= 0.3 is 0 Å². The Bertz CT molecular complexity index is 1160. The molecule has 0 saturated heterocycles. The molecular weight excluding hydrogens is 509 g/mol. The van der Waals surface area contributed by atoms with E-state index in [0.29, 0.717) is 42.2 Å². The number of ether oxygens (including phenoxy) is 2. The van der Waals surface area contributed by atoms with Crippen LogP contribution in [-0.2, 0) is 6.61 Å². The summed E-state index contributed by atoms with van der Waals surface area (Å²) in [5.74, 6) is 1.06. The quantitative estimate of drug-likeness (QED) is 0.242. The zero-order valence-electron chi connectivity index (χ0n) is 15.8. The molecular formula is C23H15BrCl3NO2. The van der Waals surface area contributed by atoms with E-state index in [1.165, 1.54) is 0 Å². The molecule has 30 heavy (non-hydrogen) atoms. The van der Waals surface area contributed by atoms with E-state index in [2.05, 4.69) is 22.0 Å². The van der Waals surface area contributed by atoms with Gasteiger partial charge in [0.2, 0.25) is 0 Å². The van der Waals surface area contributed by atoms with Gasteiger partial charge in [0.05, 0.1) is 28.2 Å². The number of hydrogen-bond donors (Lipinski definition) is 0. The van der Waals surface area contributed by atoms with Crippen molar-refractivity contribution in [2.45, 2.75) is 6.61 Å². The van der Waals surface area contributed by atoms with Crippen LogP contribution in [0.3, 0.4) is 0 Å². The molecule has 0 aliphatic heterocycles. The van der Waals surface area contributed by atoms with Gasteiger partial charge in [-0.25, -0.2) is 0 Å². The SMILES string of the molecule is COc1cc(/C=C(\C#N)c2ccc(Cl)cc2Cl)cc(Br)c1OCc1ccccc1Cl. The van der Waals surface area contributed by atoms with E-state index in [1.807, 2.05) is 30.3 Å². The van der Waals surface area contributed by atoms with Crippen LogP contribution in [0.5, 0.6) is 11.5 Å². The number of methoxy groups -OCH3 is 1. The van der Waals surface area contributed by atoms with Crippen LogP contribution >= 0.6 is 50.7 Å². The maximum absolute atomic E-state index is 9.63. The highest BCUT2D eigenvalue weighted by atomic mass is 79.9. The van der Waals surface area contributed by atoms with Crippen LogP contribution in [0.4, 0.5) is 0 Å². The van der Waals surface area contributed by atoms with Crippen molar-refractivity contribution in [1.29, 1.82) is 5.26 Å². The molecule has 0 radical (unpaired) electrons. The van der Waals surface area contributed by atoms with Crippen molar-refractivity contribution in [3.8, 4) is 17.6 Å². The number of benzene rings is 3. The molecule has 0 bridgehead atoms. The van der Waals surface area contributed by atoms with Gasteiger partial charge in [0.15, 0.2) is 11.5 Å². The molecule has 0 fully saturated rings. The molecule has 0 N–H and O–H groups in total. The number of allylic oxidation sites excluding steroid dienone is 1. The number of hydrogen-bond acceptors (Lipinski definition) is 3. The van der Waals surface area contributed by atoms with E-state index in [0.717, 1.165) is 11.1 Å². The van der Waals surface area contributed by atoms with Gasteiger partial charge in [0, 0.05) is 21.2 Å². The fraction of sp³-hybridized carbons (Fsp3) is 0.0870. The summed E-state index contributed by atoms with van der Waals surface area (Å²) in [6.45, 7) is 0.285. The lowest BCUT2D eigenvalue weighted by Crippen LogP contribution is -1.99. The first-order valence-electron chi connectivity index (χ1n) is 8.74. The Labute approximate surface area is 198 Å². The maximum atomic E-state index is 9.63. The smallest absolute Gasteiger partial charge is 0.175 e. The summed E-state index contributed by atoms with van der Waals surface area (Å²) < 4.78 is 12.1. The second kappa shape index (κ2) is 10.2. The highest BCUT2D eigenvalue weighted by Gasteiger charge is 2.14. The third-order valence-corrected chi connectivity index (χ3v) is 5.74. The first-order valence-corrected chi connectivity index (χ1v) is 10.7. The predicted octanol–water partition coefficient (Wildman–Crippen LogP) is 8.06. The highest BCUT2D eigenvalue weighted by Crippen LogP contribution is 2.39. The van der Waals surface area contributed by atoms with Crippen molar-refractivity contribution < 1.29 is 9.47 Å². The maximum Gasteiger partial charge on any atom is 0.175 e. The van der Waals surface area contributed by atoms with Gasteiger partial charge in [-0.05, 0) is 57.9 Å². The Morgan fingerprint density at radius 2 is 1.83 bits per heavy atom. The minimum atomic E-state index is 0.285. The van der Waals surface area contributed by atoms with Crippen LogP contribution < -0.4 is 9.47 Å². The summed E-state index contributed by atoms with van der Waals surface area (Å²) in [7, 11) is 1.55. The summed E-state index contributed by atoms with van der Waals surface area (Å²) in [6.07, 6.45) is 1.72. The van der Waals surface area contributed by atoms with E-state index >= 15 is 0 Å². The normalized spacial score (nSPS) is 11.1. The van der Waals surface area contributed by atoms with Gasteiger partial charge in [-0.2, -0.15) is 5.26 Å². The predicted molar refractivity (Wildman–Crippen MR) is 126 cm³/mol. The molecule has 0 amide bonds. The van der Waals surface area contributed by atoms with Gasteiger partial charge < -0.3 is 9.47 Å². The first-order chi connectivity index (χ1) is 14.4. The lowest BCUT2D eigenvalue weighted by atomic mass is 10.0. The van der Waals surface area contributed by atoms with Crippen LogP contribution in [0.25, 0.3) is 11.6 Å². The molecule has 3 nitrogen and oxygen atoms in total. The third-order valence-electron chi connectivity index (χ3n) is 4.23. The van der Waals surface area contributed by atoms with Gasteiger partial charge in [-0.3, -0.25) is 0 Å². The van der Waals surface area contributed by atoms with Gasteiger partial charge in [-0.15, -0.1) is 0 Å². The molecule has 0 unspecified atom stereocenters. The van der Waals surface area contributed by atoms with E-state index < -0.39 is 0 Å². The molecule has 3 aromatic carbocycles. The van der Waals surface area contributed by atoms with E-state index in [-0.39, 0.29) is 6.61 Å². The van der Waals surface area contributed by atoms with Crippen molar-refractivity contribution in [3.05, 3.63) is 90.8 Å². The van der Waals surface area contributed by atoms with Crippen molar-refractivity contribution >= 4 is 62.4 Å². The van der Waals surface area contributed by atoms with E-state index in [1.54, 1.807) is 37.5 Å². The molecule has 0 heterocycles. The fourth-order valence-electron chi connectivity index (χ4n) is 2.77. The van der Waals surface area contributed by atoms with Gasteiger partial charge in [0.25, 0.3) is 0 Å². The lowest BCUT2D eigenvalue weighted by molar-refractivity contribution is 0.282. The third kappa shape index (κ3) is 5.30. The lowest BCUT2D eigenvalue weighted by Gasteiger charge is -2.14. The van der Waals surface area contributed by atoms with Crippen LogP contribution in [0.2, 0.25) is 15.1 Å². The molecule has 7 heteroatoms. The molecule has 0 aromatic heterocycles. The fourth-order valence-corrected chi connectivity index (χ4v) is 4.05. The Morgan fingerprint density at radius 1 is 1.07 bits per heavy atom.